The third-order valence-corrected chi connectivity index (χ3v) is 6.04. The molecule has 0 aliphatic heterocycles. The van der Waals surface area contributed by atoms with Crippen molar-refractivity contribution >= 4 is 23.4 Å². The van der Waals surface area contributed by atoms with Crippen molar-refractivity contribution in [3.8, 4) is 28.5 Å². The summed E-state index contributed by atoms with van der Waals surface area (Å²) >= 11 is 1.29. The Kier molecular flexibility index (Phi) is 6.64. The number of nitriles is 1. The van der Waals surface area contributed by atoms with E-state index in [9.17, 15) is 10.1 Å². The highest BCUT2D eigenvalue weighted by Gasteiger charge is 2.21. The average Bonchev–Trinajstić information content (AvgIpc) is 2.85. The van der Waals surface area contributed by atoms with E-state index >= 15 is 0 Å². The maximum atomic E-state index is 12.8. The molecule has 1 heterocycles. The fraction of sp³-hybridized carbons (Fsp3) is 0.0741. The first-order valence-electron chi connectivity index (χ1n) is 10.2. The van der Waals surface area contributed by atoms with Crippen LogP contribution in [0.4, 0.5) is 5.69 Å². The second kappa shape index (κ2) is 9.95. The molecule has 1 atom stereocenters. The minimum absolute atomic E-state index is 0.140. The molecule has 0 saturated carbocycles. The molecule has 1 unspecified atom stereocenters. The third-order valence-electron chi connectivity index (χ3n) is 4.95. The number of benzene rings is 3. The summed E-state index contributed by atoms with van der Waals surface area (Å²) in [4.78, 5) is 17.6. The lowest BCUT2D eigenvalue weighted by Crippen LogP contribution is -2.22. The number of anilines is 1. The lowest BCUT2D eigenvalue weighted by Gasteiger charge is -2.16. The van der Waals surface area contributed by atoms with Crippen LogP contribution >= 0.6 is 11.8 Å². The van der Waals surface area contributed by atoms with Crippen LogP contribution in [0.3, 0.4) is 0 Å². The van der Waals surface area contributed by atoms with Gasteiger partial charge in [-0.2, -0.15) is 5.26 Å². The summed E-state index contributed by atoms with van der Waals surface area (Å²) in [5.74, 6) is -0.140. The molecular weight excluding hydrogens is 414 g/mol. The molecule has 3 aromatic carbocycles. The number of nitrogens with one attached hydrogen (secondary N) is 1. The number of amides is 1. The van der Waals surface area contributed by atoms with Gasteiger partial charge in [0, 0.05) is 16.8 Å². The third kappa shape index (κ3) is 4.88. The van der Waals surface area contributed by atoms with Crippen LogP contribution in [-0.2, 0) is 4.79 Å². The summed E-state index contributed by atoms with van der Waals surface area (Å²) in [6, 6.07) is 33.2. The number of hydrogen-bond donors (Lipinski definition) is 1. The summed E-state index contributed by atoms with van der Waals surface area (Å²) in [5.41, 5.74) is 4.67. The van der Waals surface area contributed by atoms with Gasteiger partial charge in [-0.05, 0) is 30.7 Å². The lowest BCUT2D eigenvalue weighted by molar-refractivity contribution is -0.115. The summed E-state index contributed by atoms with van der Waals surface area (Å²) in [5, 5.41) is 13.0. The Morgan fingerprint density at radius 1 is 0.906 bits per heavy atom. The SMILES string of the molecule is CC(Sc1nc(-c2ccccc2)cc(-c2ccccc2)c1C#N)C(=O)Nc1ccccc1. The predicted molar refractivity (Wildman–Crippen MR) is 130 cm³/mol. The molecular formula is C27H21N3OS. The maximum absolute atomic E-state index is 12.8. The first kappa shape index (κ1) is 21.4. The predicted octanol–water partition coefficient (Wildman–Crippen LogP) is 6.41. The van der Waals surface area contributed by atoms with Crippen molar-refractivity contribution < 1.29 is 4.79 Å². The highest BCUT2D eigenvalue weighted by atomic mass is 32.2. The zero-order valence-corrected chi connectivity index (χ0v) is 18.3. The first-order chi connectivity index (χ1) is 15.7. The Hall–Kier alpha value is -3.88. The standard InChI is InChI=1S/C27H21N3OS/c1-19(26(31)29-22-15-9-4-10-16-22)32-27-24(18-28)23(20-11-5-2-6-12-20)17-25(30-27)21-13-7-3-8-14-21/h2-17,19H,1H3,(H,29,31). The Balaban J connectivity index is 1.73. The first-order valence-corrected chi connectivity index (χ1v) is 11.1. The van der Waals surface area contributed by atoms with Crippen molar-refractivity contribution in [2.24, 2.45) is 0 Å². The zero-order valence-electron chi connectivity index (χ0n) is 17.5. The minimum atomic E-state index is -0.440. The van der Waals surface area contributed by atoms with E-state index in [2.05, 4.69) is 11.4 Å². The van der Waals surface area contributed by atoms with Crippen molar-refractivity contribution in [2.75, 3.05) is 5.32 Å². The number of carbonyl (C=O) groups excluding carboxylic acids is 1. The Labute approximate surface area is 192 Å². The van der Waals surface area contributed by atoms with Crippen molar-refractivity contribution in [3.05, 3.63) is 103 Å². The van der Waals surface area contributed by atoms with Gasteiger partial charge in [-0.3, -0.25) is 4.79 Å². The number of hydrogen-bond acceptors (Lipinski definition) is 4. The summed E-state index contributed by atoms with van der Waals surface area (Å²) in [6.45, 7) is 1.82. The number of nitrogens with zero attached hydrogens (tertiary/aromatic N) is 2. The van der Waals surface area contributed by atoms with Crippen molar-refractivity contribution in [3.63, 3.8) is 0 Å². The molecule has 5 heteroatoms. The number of rotatable bonds is 6. The normalized spacial score (nSPS) is 11.4. The molecule has 1 amide bonds. The van der Waals surface area contributed by atoms with Crippen LogP contribution in [0.2, 0.25) is 0 Å². The molecule has 4 aromatic rings. The van der Waals surface area contributed by atoms with Gasteiger partial charge in [-0.15, -0.1) is 0 Å². The number of pyridine rings is 1. The quantitative estimate of drug-likeness (QED) is 0.356. The Bertz CT molecular complexity index is 1250. The maximum Gasteiger partial charge on any atom is 0.237 e. The molecule has 0 radical (unpaired) electrons. The van der Waals surface area contributed by atoms with Crippen LogP contribution in [0.25, 0.3) is 22.4 Å². The topological polar surface area (TPSA) is 65.8 Å². The van der Waals surface area contributed by atoms with E-state index in [1.165, 1.54) is 11.8 Å². The molecule has 0 aliphatic carbocycles. The van der Waals surface area contributed by atoms with Gasteiger partial charge >= 0.3 is 0 Å². The largest absolute Gasteiger partial charge is 0.325 e. The molecule has 1 N–H and O–H groups in total. The van der Waals surface area contributed by atoms with Crippen molar-refractivity contribution in [2.45, 2.75) is 17.2 Å². The molecule has 0 bridgehead atoms. The highest BCUT2D eigenvalue weighted by Crippen LogP contribution is 2.35. The van der Waals surface area contributed by atoms with Crippen LogP contribution in [0, 0.1) is 11.3 Å². The highest BCUT2D eigenvalue weighted by molar-refractivity contribution is 8.00. The van der Waals surface area contributed by atoms with Crippen LogP contribution in [0.1, 0.15) is 12.5 Å². The van der Waals surface area contributed by atoms with E-state index in [1.807, 2.05) is 104 Å². The fourth-order valence-corrected chi connectivity index (χ4v) is 4.23. The second-order valence-electron chi connectivity index (χ2n) is 7.19. The summed E-state index contributed by atoms with van der Waals surface area (Å²) in [7, 11) is 0. The van der Waals surface area contributed by atoms with E-state index < -0.39 is 5.25 Å². The molecule has 0 spiro atoms. The minimum Gasteiger partial charge on any atom is -0.325 e. The van der Waals surface area contributed by atoms with Gasteiger partial charge in [0.15, 0.2) is 0 Å². The van der Waals surface area contributed by atoms with Gasteiger partial charge < -0.3 is 5.32 Å². The zero-order chi connectivity index (χ0) is 22.3. The van der Waals surface area contributed by atoms with Crippen LogP contribution < -0.4 is 5.32 Å². The molecule has 32 heavy (non-hydrogen) atoms. The smallest absolute Gasteiger partial charge is 0.237 e. The molecule has 1 aromatic heterocycles. The van der Waals surface area contributed by atoms with E-state index in [0.29, 0.717) is 10.6 Å². The number of aromatic nitrogens is 1. The van der Waals surface area contributed by atoms with Gasteiger partial charge in [0.2, 0.25) is 5.91 Å². The van der Waals surface area contributed by atoms with Gasteiger partial charge in [0.25, 0.3) is 0 Å². The molecule has 0 aliphatic rings. The lowest BCUT2D eigenvalue weighted by atomic mass is 9.99. The Morgan fingerprint density at radius 2 is 1.47 bits per heavy atom. The number of para-hydroxylation sites is 1. The molecule has 4 nitrogen and oxygen atoms in total. The van der Waals surface area contributed by atoms with Crippen LogP contribution in [0.5, 0.6) is 0 Å². The van der Waals surface area contributed by atoms with Crippen molar-refractivity contribution in [1.29, 1.82) is 5.26 Å². The van der Waals surface area contributed by atoms with Gasteiger partial charge in [0.05, 0.1) is 16.5 Å². The van der Waals surface area contributed by atoms with Gasteiger partial charge in [0.1, 0.15) is 11.1 Å². The molecule has 4 rings (SSSR count). The van der Waals surface area contributed by atoms with E-state index in [4.69, 9.17) is 4.98 Å². The molecule has 0 saturated heterocycles. The summed E-state index contributed by atoms with van der Waals surface area (Å²) < 4.78 is 0. The summed E-state index contributed by atoms with van der Waals surface area (Å²) in [6.07, 6.45) is 0. The number of carbonyl (C=O) groups is 1. The fourth-order valence-electron chi connectivity index (χ4n) is 3.30. The van der Waals surface area contributed by atoms with E-state index in [-0.39, 0.29) is 5.91 Å². The Morgan fingerprint density at radius 3 is 2.06 bits per heavy atom. The van der Waals surface area contributed by atoms with E-state index in [1.54, 1.807) is 0 Å². The van der Waals surface area contributed by atoms with E-state index in [0.717, 1.165) is 28.1 Å². The van der Waals surface area contributed by atoms with Gasteiger partial charge in [-0.25, -0.2) is 4.98 Å². The van der Waals surface area contributed by atoms with Crippen LogP contribution in [0.15, 0.2) is 102 Å². The monoisotopic (exact) mass is 435 g/mol. The van der Waals surface area contributed by atoms with Gasteiger partial charge in [-0.1, -0.05) is 90.6 Å². The molecule has 0 fully saturated rings. The van der Waals surface area contributed by atoms with Crippen LogP contribution in [-0.4, -0.2) is 16.1 Å². The second-order valence-corrected chi connectivity index (χ2v) is 8.52. The molecule has 156 valence electrons. The van der Waals surface area contributed by atoms with Crippen molar-refractivity contribution in [1.82, 2.24) is 4.98 Å². The average molecular weight is 436 g/mol. The number of thioether (sulfide) groups is 1.